The highest BCUT2D eigenvalue weighted by atomic mass is 16.5. The molecule has 150 valence electrons. The van der Waals surface area contributed by atoms with Crippen LogP contribution in [-0.2, 0) is 18.3 Å². The van der Waals surface area contributed by atoms with Gasteiger partial charge in [0, 0.05) is 43.5 Å². The number of nitrogens with zero attached hydrogens (tertiary/aromatic N) is 4. The molecular weight excluding hydrogens is 368 g/mol. The smallest absolute Gasteiger partial charge is 0.273 e. The number of methoxy groups -OCH3 is 1. The normalized spacial score (nSPS) is 11.3. The van der Waals surface area contributed by atoms with Crippen molar-refractivity contribution in [2.75, 3.05) is 19.0 Å². The summed E-state index contributed by atoms with van der Waals surface area (Å²) >= 11 is 0. The minimum absolute atomic E-state index is 0.236. The zero-order valence-electron chi connectivity index (χ0n) is 17.0. The molecule has 3 heterocycles. The molecule has 0 radical (unpaired) electrons. The third kappa shape index (κ3) is 3.42. The largest absolute Gasteiger partial charge is 0.383 e. The van der Waals surface area contributed by atoms with Crippen molar-refractivity contribution < 1.29 is 9.53 Å². The Hall–Kier alpha value is -3.39. The molecule has 0 aliphatic rings. The van der Waals surface area contributed by atoms with Crippen molar-refractivity contribution in [1.82, 2.24) is 24.5 Å². The van der Waals surface area contributed by atoms with Gasteiger partial charge < -0.3 is 14.6 Å². The maximum absolute atomic E-state index is 12.8. The first-order valence-electron chi connectivity index (χ1n) is 9.43. The second kappa shape index (κ2) is 7.56. The molecule has 8 heteroatoms. The van der Waals surface area contributed by atoms with E-state index in [0.717, 1.165) is 40.1 Å². The van der Waals surface area contributed by atoms with Crippen LogP contribution < -0.4 is 5.32 Å². The van der Waals surface area contributed by atoms with Gasteiger partial charge in [0.15, 0.2) is 0 Å². The van der Waals surface area contributed by atoms with Crippen molar-refractivity contribution in [3.05, 3.63) is 53.6 Å². The van der Waals surface area contributed by atoms with Crippen molar-refractivity contribution in [2.45, 2.75) is 20.4 Å². The minimum atomic E-state index is -0.236. The maximum Gasteiger partial charge on any atom is 0.273 e. The number of carbonyl (C=O) groups is 1. The first-order chi connectivity index (χ1) is 14.0. The molecule has 0 aliphatic heterocycles. The van der Waals surface area contributed by atoms with Crippen molar-refractivity contribution in [3.63, 3.8) is 0 Å². The lowest BCUT2D eigenvalue weighted by Crippen LogP contribution is -2.12. The first-order valence-corrected chi connectivity index (χ1v) is 9.43. The molecule has 1 amide bonds. The second-order valence-electron chi connectivity index (χ2n) is 7.03. The molecule has 0 fully saturated rings. The molecule has 1 aromatic carbocycles. The van der Waals surface area contributed by atoms with Gasteiger partial charge in [0.25, 0.3) is 5.91 Å². The Labute approximate surface area is 168 Å². The summed E-state index contributed by atoms with van der Waals surface area (Å²) in [5.41, 5.74) is 5.75. The SMILES string of the molecule is COCCn1ccc2c(NC(=O)c3cc(-c4c(C)nn(C)c4C)n[nH]3)cccc21. The summed E-state index contributed by atoms with van der Waals surface area (Å²) in [4.78, 5) is 12.8. The van der Waals surface area contributed by atoms with E-state index in [1.54, 1.807) is 13.2 Å². The number of nitrogens with one attached hydrogen (secondary N) is 2. The van der Waals surface area contributed by atoms with E-state index in [4.69, 9.17) is 4.74 Å². The average molecular weight is 392 g/mol. The lowest BCUT2D eigenvalue weighted by atomic mass is 10.1. The quantitative estimate of drug-likeness (QED) is 0.527. The number of rotatable bonds is 6. The number of H-pyrrole nitrogens is 1. The number of carbonyl (C=O) groups excluding carboxylic acids is 1. The number of hydrogen-bond acceptors (Lipinski definition) is 4. The molecule has 29 heavy (non-hydrogen) atoms. The Morgan fingerprint density at radius 2 is 2.10 bits per heavy atom. The standard InChI is InChI=1S/C21H24N6O2/c1-13-20(14(2)26(3)25-13)17-12-18(24-23-17)21(28)22-16-6-5-7-19-15(16)8-9-27(19)10-11-29-4/h5-9,12H,10-11H2,1-4H3,(H,22,28)(H,23,24). The van der Waals surface area contributed by atoms with E-state index in [9.17, 15) is 4.79 Å². The van der Waals surface area contributed by atoms with E-state index in [1.807, 2.05) is 56.0 Å². The van der Waals surface area contributed by atoms with Crippen molar-refractivity contribution in [2.24, 2.45) is 7.05 Å². The van der Waals surface area contributed by atoms with Crippen LogP contribution >= 0.6 is 0 Å². The molecular formula is C21H24N6O2. The lowest BCUT2D eigenvalue weighted by molar-refractivity contribution is 0.102. The van der Waals surface area contributed by atoms with Crippen LogP contribution in [0.2, 0.25) is 0 Å². The van der Waals surface area contributed by atoms with Gasteiger partial charge in [-0.25, -0.2) is 0 Å². The monoisotopic (exact) mass is 392 g/mol. The predicted octanol–water partition coefficient (Wildman–Crippen LogP) is 3.28. The zero-order valence-corrected chi connectivity index (χ0v) is 17.0. The molecule has 2 N–H and O–H groups in total. The molecule has 0 aliphatic carbocycles. The summed E-state index contributed by atoms with van der Waals surface area (Å²) in [6.07, 6.45) is 2.00. The second-order valence-corrected chi connectivity index (χ2v) is 7.03. The number of anilines is 1. The van der Waals surface area contributed by atoms with E-state index >= 15 is 0 Å². The maximum atomic E-state index is 12.8. The fraction of sp³-hybridized carbons (Fsp3) is 0.286. The molecule has 0 spiro atoms. The van der Waals surface area contributed by atoms with Crippen LogP contribution in [0.5, 0.6) is 0 Å². The van der Waals surface area contributed by atoms with E-state index in [-0.39, 0.29) is 5.91 Å². The first kappa shape index (κ1) is 18.9. The summed E-state index contributed by atoms with van der Waals surface area (Å²) < 4.78 is 9.09. The highest BCUT2D eigenvalue weighted by molar-refractivity contribution is 6.08. The van der Waals surface area contributed by atoms with Crippen LogP contribution in [-0.4, -0.2) is 44.2 Å². The minimum Gasteiger partial charge on any atom is -0.383 e. The molecule has 8 nitrogen and oxygen atoms in total. The van der Waals surface area contributed by atoms with Crippen molar-refractivity contribution >= 4 is 22.5 Å². The van der Waals surface area contributed by atoms with Gasteiger partial charge in [-0.2, -0.15) is 10.2 Å². The Morgan fingerprint density at radius 3 is 2.83 bits per heavy atom. The summed E-state index contributed by atoms with van der Waals surface area (Å²) in [7, 11) is 3.58. The van der Waals surface area contributed by atoms with Gasteiger partial charge in [-0.1, -0.05) is 6.07 Å². The van der Waals surface area contributed by atoms with Gasteiger partial charge in [-0.15, -0.1) is 0 Å². The number of fused-ring (bicyclic) bond motifs is 1. The number of benzene rings is 1. The van der Waals surface area contributed by atoms with E-state index < -0.39 is 0 Å². The number of aromatic amines is 1. The van der Waals surface area contributed by atoms with Crippen LogP contribution in [0.25, 0.3) is 22.2 Å². The van der Waals surface area contributed by atoms with Gasteiger partial charge in [-0.3, -0.25) is 14.6 Å². The topological polar surface area (TPSA) is 89.8 Å². The van der Waals surface area contributed by atoms with Gasteiger partial charge in [0.05, 0.1) is 29.2 Å². The number of ether oxygens (including phenoxy) is 1. The van der Waals surface area contributed by atoms with Crippen LogP contribution in [0, 0.1) is 13.8 Å². The summed E-state index contributed by atoms with van der Waals surface area (Å²) in [6.45, 7) is 5.31. The predicted molar refractivity (Wildman–Crippen MR) is 112 cm³/mol. The highest BCUT2D eigenvalue weighted by Gasteiger charge is 2.18. The zero-order chi connectivity index (χ0) is 20.5. The Kier molecular flexibility index (Phi) is 4.94. The van der Waals surface area contributed by atoms with Crippen LogP contribution in [0.1, 0.15) is 21.9 Å². The summed E-state index contributed by atoms with van der Waals surface area (Å²) in [6, 6.07) is 9.62. The molecule has 4 rings (SSSR count). The molecule has 0 bridgehead atoms. The Morgan fingerprint density at radius 1 is 1.28 bits per heavy atom. The fourth-order valence-corrected chi connectivity index (χ4v) is 3.62. The lowest BCUT2D eigenvalue weighted by Gasteiger charge is -2.08. The molecule has 0 atom stereocenters. The van der Waals surface area contributed by atoms with E-state index in [0.29, 0.717) is 18.0 Å². The number of aromatic nitrogens is 5. The van der Waals surface area contributed by atoms with Gasteiger partial charge in [0.1, 0.15) is 5.69 Å². The van der Waals surface area contributed by atoms with E-state index in [1.165, 1.54) is 0 Å². The third-order valence-corrected chi connectivity index (χ3v) is 5.19. The van der Waals surface area contributed by atoms with Crippen LogP contribution in [0.15, 0.2) is 36.5 Å². The Balaban J connectivity index is 1.59. The van der Waals surface area contributed by atoms with Crippen molar-refractivity contribution in [3.8, 4) is 11.3 Å². The van der Waals surface area contributed by atoms with Crippen molar-refractivity contribution in [1.29, 1.82) is 0 Å². The molecule has 0 saturated carbocycles. The van der Waals surface area contributed by atoms with Gasteiger partial charge >= 0.3 is 0 Å². The molecule has 4 aromatic rings. The Bertz CT molecular complexity index is 1180. The number of amides is 1. The van der Waals surface area contributed by atoms with Crippen LogP contribution in [0.3, 0.4) is 0 Å². The average Bonchev–Trinajstić information content (AvgIpc) is 3.39. The summed E-state index contributed by atoms with van der Waals surface area (Å²) in [5.74, 6) is -0.236. The molecule has 3 aromatic heterocycles. The number of aryl methyl sites for hydroxylation is 2. The van der Waals surface area contributed by atoms with E-state index in [2.05, 4.69) is 25.2 Å². The summed E-state index contributed by atoms with van der Waals surface area (Å²) in [5, 5.41) is 15.6. The van der Waals surface area contributed by atoms with Gasteiger partial charge in [-0.05, 0) is 38.1 Å². The third-order valence-electron chi connectivity index (χ3n) is 5.19. The van der Waals surface area contributed by atoms with Gasteiger partial charge in [0.2, 0.25) is 0 Å². The highest BCUT2D eigenvalue weighted by Crippen LogP contribution is 2.27. The fourth-order valence-electron chi connectivity index (χ4n) is 3.62. The molecule has 0 saturated heterocycles. The van der Waals surface area contributed by atoms with Crippen LogP contribution in [0.4, 0.5) is 5.69 Å². The number of hydrogen-bond donors (Lipinski definition) is 2. The molecule has 0 unspecified atom stereocenters.